The van der Waals surface area contributed by atoms with Gasteiger partial charge in [0.25, 0.3) is 5.56 Å². The van der Waals surface area contributed by atoms with Crippen molar-refractivity contribution in [1.29, 1.82) is 0 Å². The molecule has 0 fully saturated rings. The molecule has 0 saturated carbocycles. The van der Waals surface area contributed by atoms with Crippen LogP contribution in [0.5, 0.6) is 0 Å². The summed E-state index contributed by atoms with van der Waals surface area (Å²) in [4.78, 5) is 25.9. The fraction of sp³-hybridized carbons (Fsp3) is 0.364. The van der Waals surface area contributed by atoms with Crippen LogP contribution in [0, 0.1) is 6.92 Å². The molecule has 2 aromatic rings. The number of aryl methyl sites for hydroxylation is 1. The van der Waals surface area contributed by atoms with Gasteiger partial charge in [-0.1, -0.05) is 13.8 Å². The molecular weight excluding hydrogens is 204 g/mol. The monoisotopic (exact) mass is 218 g/mol. The van der Waals surface area contributed by atoms with Crippen LogP contribution in [0.1, 0.15) is 31.0 Å². The van der Waals surface area contributed by atoms with E-state index in [-0.39, 0.29) is 11.5 Å². The highest BCUT2D eigenvalue weighted by atomic mass is 16.1. The maximum atomic E-state index is 11.9. The number of rotatable bonds is 2. The molecule has 0 aliphatic heterocycles. The molecule has 0 atom stereocenters. The van der Waals surface area contributed by atoms with Gasteiger partial charge in [0.05, 0.1) is 0 Å². The van der Waals surface area contributed by atoms with Crippen LogP contribution in [0.2, 0.25) is 0 Å². The Kier molecular flexibility index (Phi) is 2.60. The van der Waals surface area contributed by atoms with E-state index in [9.17, 15) is 4.79 Å². The number of nitrogens with zero attached hydrogens (tertiary/aromatic N) is 2. The Morgan fingerprint density at radius 1 is 1.31 bits per heavy atom. The summed E-state index contributed by atoms with van der Waals surface area (Å²) in [6.07, 6.45) is 3.32. The Labute approximate surface area is 93.0 Å². The van der Waals surface area contributed by atoms with Crippen molar-refractivity contribution >= 4 is 0 Å². The van der Waals surface area contributed by atoms with Crippen molar-refractivity contribution in [3.05, 3.63) is 34.0 Å². The van der Waals surface area contributed by atoms with Crippen LogP contribution >= 0.6 is 0 Å². The van der Waals surface area contributed by atoms with Crippen LogP contribution in [-0.4, -0.2) is 19.9 Å². The lowest BCUT2D eigenvalue weighted by molar-refractivity contribution is 0.813. The number of aromatic amines is 2. The highest BCUT2D eigenvalue weighted by molar-refractivity contribution is 5.43. The summed E-state index contributed by atoms with van der Waals surface area (Å²) in [5, 5.41) is 0. The van der Waals surface area contributed by atoms with Crippen LogP contribution in [-0.2, 0) is 0 Å². The highest BCUT2D eigenvalue weighted by Crippen LogP contribution is 2.14. The third kappa shape index (κ3) is 1.76. The zero-order valence-electron chi connectivity index (χ0n) is 9.53. The van der Waals surface area contributed by atoms with Crippen molar-refractivity contribution < 1.29 is 0 Å². The topological polar surface area (TPSA) is 74.4 Å². The third-order valence-electron chi connectivity index (χ3n) is 2.45. The molecule has 0 radical (unpaired) electrons. The average Bonchev–Trinajstić information content (AvgIpc) is 2.67. The van der Waals surface area contributed by atoms with E-state index in [4.69, 9.17) is 0 Å². The summed E-state index contributed by atoms with van der Waals surface area (Å²) >= 11 is 0. The van der Waals surface area contributed by atoms with Crippen LogP contribution < -0.4 is 5.56 Å². The molecule has 5 nitrogen and oxygen atoms in total. The SMILES string of the molecule is Cc1nc(-c2ncc[nH]2)[nH]c(=O)c1C(C)C. The molecule has 2 rings (SSSR count). The summed E-state index contributed by atoms with van der Waals surface area (Å²) in [5.74, 6) is 1.23. The first-order valence-corrected chi connectivity index (χ1v) is 5.20. The van der Waals surface area contributed by atoms with E-state index in [2.05, 4.69) is 19.9 Å². The molecule has 0 spiro atoms. The average molecular weight is 218 g/mol. The van der Waals surface area contributed by atoms with Crippen molar-refractivity contribution in [2.75, 3.05) is 0 Å². The molecule has 2 N–H and O–H groups in total. The van der Waals surface area contributed by atoms with Gasteiger partial charge in [-0.3, -0.25) is 4.79 Å². The van der Waals surface area contributed by atoms with Gasteiger partial charge in [-0.2, -0.15) is 0 Å². The van der Waals surface area contributed by atoms with Gasteiger partial charge in [0, 0.05) is 23.7 Å². The fourth-order valence-corrected chi connectivity index (χ4v) is 1.78. The van der Waals surface area contributed by atoms with E-state index in [1.807, 2.05) is 20.8 Å². The smallest absolute Gasteiger partial charge is 0.254 e. The van der Waals surface area contributed by atoms with Crippen molar-refractivity contribution in [2.45, 2.75) is 26.7 Å². The minimum Gasteiger partial charge on any atom is -0.342 e. The number of H-pyrrole nitrogens is 2. The number of hydrogen-bond acceptors (Lipinski definition) is 3. The van der Waals surface area contributed by atoms with E-state index in [1.54, 1.807) is 12.4 Å². The Morgan fingerprint density at radius 3 is 2.56 bits per heavy atom. The standard InChI is InChI=1S/C11H14N4O/c1-6(2)8-7(3)14-10(15-11(8)16)9-12-4-5-13-9/h4-6H,1-3H3,(H,12,13)(H,14,15,16). The van der Waals surface area contributed by atoms with Gasteiger partial charge in [0.15, 0.2) is 11.6 Å². The zero-order chi connectivity index (χ0) is 11.7. The van der Waals surface area contributed by atoms with E-state index < -0.39 is 0 Å². The molecule has 2 aromatic heterocycles. The van der Waals surface area contributed by atoms with Crippen molar-refractivity contribution in [1.82, 2.24) is 19.9 Å². The van der Waals surface area contributed by atoms with Gasteiger partial charge in [0.1, 0.15) is 0 Å². The molecule has 0 aliphatic rings. The lowest BCUT2D eigenvalue weighted by atomic mass is 10.0. The van der Waals surface area contributed by atoms with E-state index in [0.29, 0.717) is 11.6 Å². The van der Waals surface area contributed by atoms with Crippen molar-refractivity contribution in [3.8, 4) is 11.6 Å². The van der Waals surface area contributed by atoms with E-state index in [1.165, 1.54) is 0 Å². The summed E-state index contributed by atoms with van der Waals surface area (Å²) in [7, 11) is 0. The zero-order valence-corrected chi connectivity index (χ0v) is 9.53. The first kappa shape index (κ1) is 10.6. The van der Waals surface area contributed by atoms with Crippen molar-refractivity contribution in [2.24, 2.45) is 0 Å². The summed E-state index contributed by atoms with van der Waals surface area (Å²) < 4.78 is 0. The molecule has 0 amide bonds. The van der Waals surface area contributed by atoms with Gasteiger partial charge >= 0.3 is 0 Å². The summed E-state index contributed by atoms with van der Waals surface area (Å²) in [5.41, 5.74) is 1.40. The first-order chi connectivity index (χ1) is 7.59. The molecular formula is C11H14N4O. The van der Waals surface area contributed by atoms with Gasteiger partial charge in [-0.05, 0) is 12.8 Å². The third-order valence-corrected chi connectivity index (χ3v) is 2.45. The second-order valence-electron chi connectivity index (χ2n) is 4.01. The van der Waals surface area contributed by atoms with Crippen LogP contribution in [0.4, 0.5) is 0 Å². The Hall–Kier alpha value is -1.91. The van der Waals surface area contributed by atoms with Crippen LogP contribution in [0.3, 0.4) is 0 Å². The predicted octanol–water partition coefficient (Wildman–Crippen LogP) is 1.59. The van der Waals surface area contributed by atoms with Crippen LogP contribution in [0.25, 0.3) is 11.6 Å². The largest absolute Gasteiger partial charge is 0.342 e. The molecule has 0 saturated heterocycles. The van der Waals surface area contributed by atoms with Gasteiger partial charge in [-0.25, -0.2) is 9.97 Å². The lowest BCUT2D eigenvalue weighted by Crippen LogP contribution is -2.18. The van der Waals surface area contributed by atoms with E-state index in [0.717, 1.165) is 11.3 Å². The van der Waals surface area contributed by atoms with E-state index >= 15 is 0 Å². The van der Waals surface area contributed by atoms with Gasteiger partial charge < -0.3 is 9.97 Å². The molecule has 84 valence electrons. The predicted molar refractivity (Wildman–Crippen MR) is 61.3 cm³/mol. The fourth-order valence-electron chi connectivity index (χ4n) is 1.78. The number of nitrogens with one attached hydrogen (secondary N) is 2. The van der Waals surface area contributed by atoms with Crippen molar-refractivity contribution in [3.63, 3.8) is 0 Å². The second kappa shape index (κ2) is 3.92. The maximum absolute atomic E-state index is 11.9. The molecule has 5 heteroatoms. The molecule has 2 heterocycles. The number of aromatic nitrogens is 4. The highest BCUT2D eigenvalue weighted by Gasteiger charge is 2.12. The molecule has 0 unspecified atom stereocenters. The lowest BCUT2D eigenvalue weighted by Gasteiger charge is -2.08. The van der Waals surface area contributed by atoms with Crippen LogP contribution in [0.15, 0.2) is 17.2 Å². The maximum Gasteiger partial charge on any atom is 0.254 e. The Balaban J connectivity index is 2.58. The Morgan fingerprint density at radius 2 is 2.06 bits per heavy atom. The Bertz CT molecular complexity index is 540. The molecule has 16 heavy (non-hydrogen) atoms. The minimum absolute atomic E-state index is 0.0890. The first-order valence-electron chi connectivity index (χ1n) is 5.20. The number of hydrogen-bond donors (Lipinski definition) is 2. The molecule has 0 bridgehead atoms. The minimum atomic E-state index is -0.0890. The summed E-state index contributed by atoms with van der Waals surface area (Å²) in [6.45, 7) is 5.80. The summed E-state index contributed by atoms with van der Waals surface area (Å²) in [6, 6.07) is 0. The number of imidazole rings is 1. The quantitative estimate of drug-likeness (QED) is 0.803. The van der Waals surface area contributed by atoms with Gasteiger partial charge in [0.2, 0.25) is 0 Å². The second-order valence-corrected chi connectivity index (χ2v) is 4.01. The normalized spacial score (nSPS) is 11.0. The molecule has 0 aliphatic carbocycles. The van der Waals surface area contributed by atoms with Gasteiger partial charge in [-0.15, -0.1) is 0 Å². The molecule has 0 aromatic carbocycles.